The zero-order valence-electron chi connectivity index (χ0n) is 17.5. The lowest BCUT2D eigenvalue weighted by molar-refractivity contribution is 0.0697. The highest BCUT2D eigenvalue weighted by atomic mass is 32.1. The van der Waals surface area contributed by atoms with Gasteiger partial charge in [0, 0.05) is 30.7 Å². The molecule has 1 aliphatic heterocycles. The molecule has 3 aromatic heterocycles. The first-order valence-electron chi connectivity index (χ1n) is 10.4. The number of aromatic nitrogens is 2. The second-order valence-electron chi connectivity index (χ2n) is 7.70. The van der Waals surface area contributed by atoms with Crippen LogP contribution in [0.15, 0.2) is 89.7 Å². The molecule has 1 saturated heterocycles. The van der Waals surface area contributed by atoms with Crippen molar-refractivity contribution in [2.24, 2.45) is 0 Å². The lowest BCUT2D eigenvalue weighted by Gasteiger charge is -2.26. The molecule has 1 fully saturated rings. The molecule has 0 saturated carbocycles. The van der Waals surface area contributed by atoms with E-state index in [0.29, 0.717) is 17.4 Å². The SMILES string of the molecule is O=C(O)c1ccc(-c2ccc([C@@H]3[C@H](c4ccccn4)NC(=S)N3Cc3cccnc3)o2)cc1. The van der Waals surface area contributed by atoms with Gasteiger partial charge in [0.1, 0.15) is 17.6 Å². The number of nitrogens with one attached hydrogen (secondary N) is 1. The van der Waals surface area contributed by atoms with Crippen LogP contribution in [0.1, 0.15) is 39.5 Å². The van der Waals surface area contributed by atoms with E-state index in [1.807, 2.05) is 48.7 Å². The van der Waals surface area contributed by atoms with Gasteiger partial charge in [-0.15, -0.1) is 0 Å². The number of pyridine rings is 2. The molecule has 1 aliphatic rings. The third kappa shape index (κ3) is 4.20. The predicted octanol–water partition coefficient (Wildman–Crippen LogP) is 4.61. The summed E-state index contributed by atoms with van der Waals surface area (Å²) in [6.45, 7) is 0.566. The summed E-state index contributed by atoms with van der Waals surface area (Å²) in [5.41, 5.74) is 2.92. The van der Waals surface area contributed by atoms with Crippen LogP contribution >= 0.6 is 12.2 Å². The predicted molar refractivity (Wildman–Crippen MR) is 126 cm³/mol. The molecule has 2 atom stereocenters. The number of aromatic carboxylic acids is 1. The quantitative estimate of drug-likeness (QED) is 0.407. The average Bonchev–Trinajstić information content (AvgIpc) is 3.45. The molecule has 7 nitrogen and oxygen atoms in total. The Hall–Kier alpha value is -4.04. The zero-order chi connectivity index (χ0) is 22.8. The standard InChI is InChI=1S/C25H20N4O3S/c30-24(31)18-8-6-17(7-9-18)20-10-11-21(32-20)23-22(19-5-1-2-13-27-19)28-25(33)29(23)15-16-4-3-12-26-14-16/h1-14,22-23H,15H2,(H,28,33)(H,30,31)/t22-,23+/m0/s1. The van der Waals surface area contributed by atoms with E-state index >= 15 is 0 Å². The number of hydrogen-bond acceptors (Lipinski definition) is 5. The molecule has 33 heavy (non-hydrogen) atoms. The number of carbonyl (C=O) groups is 1. The van der Waals surface area contributed by atoms with Gasteiger partial charge in [-0.3, -0.25) is 9.97 Å². The van der Waals surface area contributed by atoms with Gasteiger partial charge < -0.3 is 19.7 Å². The molecule has 0 bridgehead atoms. The Morgan fingerprint density at radius 1 is 1.06 bits per heavy atom. The van der Waals surface area contributed by atoms with E-state index in [0.717, 1.165) is 22.6 Å². The molecule has 2 N–H and O–H groups in total. The van der Waals surface area contributed by atoms with E-state index in [9.17, 15) is 4.79 Å². The minimum Gasteiger partial charge on any atom is -0.478 e. The fraction of sp³-hybridized carbons (Fsp3) is 0.120. The van der Waals surface area contributed by atoms with Crippen LogP contribution in [0, 0.1) is 0 Å². The average molecular weight is 457 g/mol. The first kappa shape index (κ1) is 20.8. The van der Waals surface area contributed by atoms with Crippen molar-refractivity contribution in [1.29, 1.82) is 0 Å². The van der Waals surface area contributed by atoms with Crippen LogP contribution in [0.4, 0.5) is 0 Å². The molecule has 0 radical (unpaired) electrons. The molecule has 0 spiro atoms. The minimum absolute atomic E-state index is 0.191. The molecular weight excluding hydrogens is 436 g/mol. The van der Waals surface area contributed by atoms with E-state index in [-0.39, 0.29) is 17.6 Å². The van der Waals surface area contributed by atoms with Crippen molar-refractivity contribution in [3.05, 3.63) is 108 Å². The van der Waals surface area contributed by atoms with Crippen LogP contribution in [-0.2, 0) is 6.54 Å². The van der Waals surface area contributed by atoms with Gasteiger partial charge in [-0.2, -0.15) is 0 Å². The maximum absolute atomic E-state index is 11.2. The Kier molecular flexibility index (Phi) is 5.58. The maximum atomic E-state index is 11.2. The number of nitrogens with zero attached hydrogens (tertiary/aromatic N) is 3. The molecule has 1 aromatic carbocycles. The Labute approximate surface area is 195 Å². The largest absolute Gasteiger partial charge is 0.478 e. The van der Waals surface area contributed by atoms with Gasteiger partial charge >= 0.3 is 5.97 Å². The van der Waals surface area contributed by atoms with Crippen molar-refractivity contribution in [2.75, 3.05) is 0 Å². The highest BCUT2D eigenvalue weighted by molar-refractivity contribution is 7.80. The van der Waals surface area contributed by atoms with Gasteiger partial charge in [-0.05, 0) is 60.2 Å². The van der Waals surface area contributed by atoms with Crippen LogP contribution in [0.5, 0.6) is 0 Å². The fourth-order valence-corrected chi connectivity index (χ4v) is 4.32. The summed E-state index contributed by atoms with van der Waals surface area (Å²) in [5, 5.41) is 13.2. The van der Waals surface area contributed by atoms with Crippen molar-refractivity contribution in [1.82, 2.24) is 20.2 Å². The highest BCUT2D eigenvalue weighted by Crippen LogP contribution is 2.41. The summed E-state index contributed by atoms with van der Waals surface area (Å²) in [6.07, 6.45) is 5.33. The van der Waals surface area contributed by atoms with Gasteiger partial charge in [-0.25, -0.2) is 4.79 Å². The van der Waals surface area contributed by atoms with E-state index in [1.165, 1.54) is 0 Å². The van der Waals surface area contributed by atoms with Crippen molar-refractivity contribution < 1.29 is 14.3 Å². The lowest BCUT2D eigenvalue weighted by Crippen LogP contribution is -2.29. The summed E-state index contributed by atoms with van der Waals surface area (Å²) in [5.74, 6) is 0.427. The van der Waals surface area contributed by atoms with Crippen LogP contribution in [0.2, 0.25) is 0 Å². The zero-order valence-corrected chi connectivity index (χ0v) is 18.3. The van der Waals surface area contributed by atoms with Crippen molar-refractivity contribution >= 4 is 23.3 Å². The monoisotopic (exact) mass is 456 g/mol. The van der Waals surface area contributed by atoms with Crippen molar-refractivity contribution in [3.63, 3.8) is 0 Å². The number of thiocarbonyl (C=S) groups is 1. The third-order valence-corrected chi connectivity index (χ3v) is 5.96. The number of furan rings is 1. The molecule has 0 amide bonds. The topological polar surface area (TPSA) is 91.5 Å². The van der Waals surface area contributed by atoms with Gasteiger partial charge in [-0.1, -0.05) is 24.3 Å². The first-order chi connectivity index (χ1) is 16.1. The number of hydrogen-bond donors (Lipinski definition) is 2. The fourth-order valence-electron chi connectivity index (χ4n) is 4.02. The summed E-state index contributed by atoms with van der Waals surface area (Å²) in [6, 6.07) is 19.7. The van der Waals surface area contributed by atoms with Crippen LogP contribution in [-0.4, -0.2) is 31.1 Å². The second-order valence-corrected chi connectivity index (χ2v) is 8.09. The van der Waals surface area contributed by atoms with Crippen molar-refractivity contribution in [3.8, 4) is 11.3 Å². The van der Waals surface area contributed by atoms with Crippen LogP contribution < -0.4 is 5.32 Å². The van der Waals surface area contributed by atoms with Crippen LogP contribution in [0.25, 0.3) is 11.3 Å². The molecule has 8 heteroatoms. The van der Waals surface area contributed by atoms with Crippen LogP contribution in [0.3, 0.4) is 0 Å². The van der Waals surface area contributed by atoms with Gasteiger partial charge in [0.05, 0.1) is 17.3 Å². The van der Waals surface area contributed by atoms with E-state index < -0.39 is 5.97 Å². The Morgan fingerprint density at radius 2 is 1.91 bits per heavy atom. The number of rotatable bonds is 6. The van der Waals surface area contributed by atoms with Gasteiger partial charge in [0.2, 0.25) is 0 Å². The summed E-state index contributed by atoms with van der Waals surface area (Å²) in [7, 11) is 0. The second kappa shape index (κ2) is 8.84. The Balaban J connectivity index is 1.51. The normalized spacial score (nSPS) is 17.7. The third-order valence-electron chi connectivity index (χ3n) is 5.61. The highest BCUT2D eigenvalue weighted by Gasteiger charge is 2.41. The molecular formula is C25H20N4O3S. The molecule has 4 aromatic rings. The smallest absolute Gasteiger partial charge is 0.335 e. The first-order valence-corrected chi connectivity index (χ1v) is 10.8. The number of benzene rings is 1. The van der Waals surface area contributed by atoms with Gasteiger partial charge in [0.15, 0.2) is 5.11 Å². The molecule has 0 unspecified atom stereocenters. The minimum atomic E-state index is -0.962. The lowest BCUT2D eigenvalue weighted by atomic mass is 10.0. The molecule has 164 valence electrons. The van der Waals surface area contributed by atoms with E-state index in [1.54, 1.807) is 36.7 Å². The Bertz CT molecular complexity index is 1280. The Morgan fingerprint density at radius 3 is 2.61 bits per heavy atom. The summed E-state index contributed by atoms with van der Waals surface area (Å²) >= 11 is 5.70. The van der Waals surface area contributed by atoms with E-state index in [4.69, 9.17) is 21.7 Å². The molecule has 0 aliphatic carbocycles. The molecule has 4 heterocycles. The molecule has 5 rings (SSSR count). The maximum Gasteiger partial charge on any atom is 0.335 e. The van der Waals surface area contributed by atoms with E-state index in [2.05, 4.69) is 20.2 Å². The summed E-state index contributed by atoms with van der Waals surface area (Å²) in [4.78, 5) is 22.0. The number of carboxylic acids is 1. The summed E-state index contributed by atoms with van der Waals surface area (Å²) < 4.78 is 6.29. The number of carboxylic acid groups (broad SMARTS) is 1. The van der Waals surface area contributed by atoms with Gasteiger partial charge in [0.25, 0.3) is 0 Å². The van der Waals surface area contributed by atoms with Crippen molar-refractivity contribution in [2.45, 2.75) is 18.6 Å².